The normalized spacial score (nSPS) is 17.0. The summed E-state index contributed by atoms with van der Waals surface area (Å²) in [5.41, 5.74) is 7.89. The lowest BCUT2D eigenvalue weighted by atomic mass is 9.81. The van der Waals surface area contributed by atoms with E-state index >= 15 is 0 Å². The second kappa shape index (κ2) is 10.8. The molecule has 7 heteroatoms. The highest BCUT2D eigenvalue weighted by Crippen LogP contribution is 2.47. The van der Waals surface area contributed by atoms with Gasteiger partial charge in [0.05, 0.1) is 36.2 Å². The number of rotatable bonds is 5. The van der Waals surface area contributed by atoms with Crippen LogP contribution in [-0.2, 0) is 6.54 Å². The number of carboxylic acid groups (broad SMARTS) is 1. The molecule has 1 saturated heterocycles. The van der Waals surface area contributed by atoms with Gasteiger partial charge < -0.3 is 19.3 Å². The highest BCUT2D eigenvalue weighted by atomic mass is 16.5. The lowest BCUT2D eigenvalue weighted by Crippen LogP contribution is -2.28. The molecule has 1 saturated carbocycles. The van der Waals surface area contributed by atoms with Gasteiger partial charge in [0, 0.05) is 35.8 Å². The van der Waals surface area contributed by atoms with Gasteiger partial charge in [0.1, 0.15) is 5.75 Å². The highest BCUT2D eigenvalue weighted by Gasteiger charge is 2.31. The van der Waals surface area contributed by atoms with Crippen LogP contribution in [0.25, 0.3) is 33.8 Å². The summed E-state index contributed by atoms with van der Waals surface area (Å²) in [6, 6.07) is 15.4. The summed E-state index contributed by atoms with van der Waals surface area (Å²) in [5.74, 6) is 0.229. The number of carbonyl (C=O) groups excluding carboxylic acids is 1. The maximum absolute atomic E-state index is 13.7. The third-order valence-corrected chi connectivity index (χ3v) is 9.27. The fraction of sp³-hybridized carbons (Fsp3) is 0.343. The van der Waals surface area contributed by atoms with E-state index in [4.69, 9.17) is 9.72 Å². The zero-order valence-electron chi connectivity index (χ0n) is 23.9. The number of pyridine rings is 1. The van der Waals surface area contributed by atoms with Crippen LogP contribution in [-0.4, -0.2) is 51.6 Å². The van der Waals surface area contributed by atoms with Crippen LogP contribution in [0.1, 0.15) is 88.4 Å². The number of aromatic carboxylic acids is 1. The highest BCUT2D eigenvalue weighted by molar-refractivity contribution is 6.04. The van der Waals surface area contributed by atoms with Crippen molar-refractivity contribution >= 4 is 34.4 Å². The minimum Gasteiger partial charge on any atom is -0.497 e. The van der Waals surface area contributed by atoms with E-state index < -0.39 is 5.97 Å². The average molecular weight is 562 g/mol. The smallest absolute Gasteiger partial charge is 0.335 e. The van der Waals surface area contributed by atoms with Crippen molar-refractivity contribution in [3.05, 3.63) is 82.7 Å². The van der Waals surface area contributed by atoms with Crippen LogP contribution in [0.3, 0.4) is 0 Å². The van der Waals surface area contributed by atoms with Gasteiger partial charge in [-0.2, -0.15) is 0 Å². The number of fused-ring (bicyclic) bond motifs is 5. The molecule has 0 bridgehead atoms. The zero-order valence-corrected chi connectivity index (χ0v) is 23.9. The number of methoxy groups -OCH3 is 1. The van der Waals surface area contributed by atoms with Crippen molar-refractivity contribution in [2.24, 2.45) is 0 Å². The Morgan fingerprint density at radius 2 is 1.79 bits per heavy atom. The van der Waals surface area contributed by atoms with Crippen molar-refractivity contribution in [2.45, 2.75) is 57.4 Å². The second-order valence-corrected chi connectivity index (χ2v) is 11.7. The Balaban J connectivity index is 1.49. The predicted molar refractivity (Wildman–Crippen MR) is 164 cm³/mol. The summed E-state index contributed by atoms with van der Waals surface area (Å²) >= 11 is 0. The van der Waals surface area contributed by atoms with Crippen molar-refractivity contribution in [1.82, 2.24) is 14.5 Å². The van der Waals surface area contributed by atoms with E-state index in [2.05, 4.69) is 22.8 Å². The first-order valence-corrected chi connectivity index (χ1v) is 15.1. The van der Waals surface area contributed by atoms with Crippen LogP contribution in [0.15, 0.2) is 54.7 Å². The van der Waals surface area contributed by atoms with Crippen LogP contribution in [0.5, 0.6) is 5.75 Å². The van der Waals surface area contributed by atoms with E-state index in [1.165, 1.54) is 24.8 Å². The van der Waals surface area contributed by atoms with Crippen molar-refractivity contribution in [3.63, 3.8) is 0 Å². The number of benzene rings is 2. The third kappa shape index (κ3) is 4.48. The third-order valence-electron chi connectivity index (χ3n) is 9.27. The van der Waals surface area contributed by atoms with E-state index in [0.29, 0.717) is 23.7 Å². The predicted octanol–water partition coefficient (Wildman–Crippen LogP) is 7.25. The Hall–Kier alpha value is -4.39. The zero-order chi connectivity index (χ0) is 28.8. The standard InChI is InChI=1S/C35H35N3O4/c1-42-26-12-14-27-24(19-26)18-25(32-29(10-7-15-36-32)34(39)37-16-5-6-17-37)21-38-30-20-23(35(40)41)11-13-28(30)31(33(27)38)22-8-3-2-4-9-22/h7,10-15,18-20,22H,2-6,8-9,16-17,21H2,1H3,(H,40,41). The molecule has 7 rings (SSSR count). The van der Waals surface area contributed by atoms with Gasteiger partial charge in [0.25, 0.3) is 5.91 Å². The molecule has 2 fully saturated rings. The molecule has 214 valence electrons. The number of carboxylic acids is 1. The Bertz CT molecular complexity index is 1740. The van der Waals surface area contributed by atoms with E-state index in [0.717, 1.165) is 77.8 Å². The molecule has 0 unspecified atom stereocenters. The number of amides is 1. The molecule has 7 nitrogen and oxygen atoms in total. The summed E-state index contributed by atoms with van der Waals surface area (Å²) < 4.78 is 7.92. The van der Waals surface area contributed by atoms with Gasteiger partial charge in [0.15, 0.2) is 0 Å². The van der Waals surface area contributed by atoms with Gasteiger partial charge in [0.2, 0.25) is 0 Å². The molecule has 0 radical (unpaired) electrons. The molecule has 2 aliphatic heterocycles. The molecule has 1 amide bonds. The largest absolute Gasteiger partial charge is 0.497 e. The number of hydrogen-bond donors (Lipinski definition) is 1. The number of nitrogens with zero attached hydrogens (tertiary/aromatic N) is 3. The van der Waals surface area contributed by atoms with Crippen LogP contribution in [0, 0.1) is 0 Å². The van der Waals surface area contributed by atoms with Gasteiger partial charge >= 0.3 is 5.97 Å². The van der Waals surface area contributed by atoms with Crippen molar-refractivity contribution in [2.75, 3.05) is 20.2 Å². The number of carbonyl (C=O) groups is 2. The summed E-state index contributed by atoms with van der Waals surface area (Å²) in [5, 5.41) is 11.0. The second-order valence-electron chi connectivity index (χ2n) is 11.7. The number of likely N-dealkylation sites (tertiary alicyclic amines) is 1. The van der Waals surface area contributed by atoms with Crippen molar-refractivity contribution in [3.8, 4) is 17.0 Å². The lowest BCUT2D eigenvalue weighted by Gasteiger charge is -2.24. The first kappa shape index (κ1) is 26.5. The molecule has 2 aromatic carbocycles. The van der Waals surface area contributed by atoms with Gasteiger partial charge in [-0.3, -0.25) is 9.78 Å². The van der Waals surface area contributed by atoms with E-state index in [1.807, 2.05) is 35.2 Å². The Morgan fingerprint density at radius 3 is 2.55 bits per heavy atom. The monoisotopic (exact) mass is 561 g/mol. The fourth-order valence-corrected chi connectivity index (χ4v) is 7.24. The summed E-state index contributed by atoms with van der Waals surface area (Å²) in [7, 11) is 1.67. The lowest BCUT2D eigenvalue weighted by molar-refractivity contribution is 0.0696. The van der Waals surface area contributed by atoms with Crippen molar-refractivity contribution < 1.29 is 19.4 Å². The minimum absolute atomic E-state index is 0.0141. The summed E-state index contributed by atoms with van der Waals surface area (Å²) in [6.45, 7) is 2.00. The van der Waals surface area contributed by atoms with E-state index in [-0.39, 0.29) is 11.5 Å². The topological polar surface area (TPSA) is 84.7 Å². The molecule has 3 aliphatic rings. The Kier molecular flexibility index (Phi) is 6.81. The van der Waals surface area contributed by atoms with Crippen LogP contribution >= 0.6 is 0 Å². The number of ether oxygens (including phenoxy) is 1. The molecular weight excluding hydrogens is 526 g/mol. The average Bonchev–Trinajstić information content (AvgIpc) is 3.64. The first-order valence-electron chi connectivity index (χ1n) is 15.1. The molecule has 1 aliphatic carbocycles. The molecular formula is C35H35N3O4. The fourth-order valence-electron chi connectivity index (χ4n) is 7.24. The molecule has 4 heterocycles. The molecule has 2 aromatic heterocycles. The van der Waals surface area contributed by atoms with Crippen LogP contribution < -0.4 is 4.74 Å². The molecule has 0 spiro atoms. The Morgan fingerprint density at radius 1 is 0.976 bits per heavy atom. The Labute approximate surface area is 245 Å². The van der Waals surface area contributed by atoms with Crippen molar-refractivity contribution in [1.29, 1.82) is 0 Å². The van der Waals surface area contributed by atoms with Gasteiger partial charge in [-0.15, -0.1) is 0 Å². The maximum Gasteiger partial charge on any atom is 0.335 e. The number of allylic oxidation sites excluding steroid dienone is 1. The summed E-state index contributed by atoms with van der Waals surface area (Å²) in [6.07, 6.45) is 11.8. The number of hydrogen-bond acceptors (Lipinski definition) is 4. The molecule has 42 heavy (non-hydrogen) atoms. The van der Waals surface area contributed by atoms with Crippen LogP contribution in [0.4, 0.5) is 0 Å². The molecule has 4 aromatic rings. The van der Waals surface area contributed by atoms with Crippen LogP contribution in [0.2, 0.25) is 0 Å². The minimum atomic E-state index is -0.940. The SMILES string of the molecule is COc1ccc2c(c1)C=C(c1ncccc1C(=O)N1CCCC1)Cn1c-2c(C2CCCCC2)c2ccc(C(=O)O)cc21. The molecule has 0 atom stereocenters. The van der Waals surface area contributed by atoms with Gasteiger partial charge in [-0.1, -0.05) is 25.3 Å². The maximum atomic E-state index is 13.7. The van der Waals surface area contributed by atoms with Gasteiger partial charge in [-0.25, -0.2) is 4.79 Å². The molecule has 1 N–H and O–H groups in total. The summed E-state index contributed by atoms with van der Waals surface area (Å²) in [4.78, 5) is 32.5. The van der Waals surface area contributed by atoms with E-state index in [1.54, 1.807) is 19.4 Å². The quantitative estimate of drug-likeness (QED) is 0.277. The van der Waals surface area contributed by atoms with Gasteiger partial charge in [-0.05, 0) is 96.8 Å². The van der Waals surface area contributed by atoms with E-state index in [9.17, 15) is 14.7 Å². The number of aromatic nitrogens is 2. The first-order chi connectivity index (χ1) is 20.5.